The van der Waals surface area contributed by atoms with Crippen LogP contribution in [0.3, 0.4) is 0 Å². The van der Waals surface area contributed by atoms with Crippen molar-refractivity contribution in [1.82, 2.24) is 19.9 Å². The SMILES string of the molecule is C=CCC(NCC)c1cnn2ccncc12. The van der Waals surface area contributed by atoms with E-state index >= 15 is 0 Å². The highest BCUT2D eigenvalue weighted by atomic mass is 15.2. The number of aromatic nitrogens is 3. The lowest BCUT2D eigenvalue weighted by atomic mass is 10.1. The zero-order valence-corrected chi connectivity index (χ0v) is 9.43. The molecule has 4 heteroatoms. The van der Waals surface area contributed by atoms with Crippen LogP contribution in [0.5, 0.6) is 0 Å². The van der Waals surface area contributed by atoms with Crippen LogP contribution in [0, 0.1) is 0 Å². The molecule has 0 aliphatic rings. The van der Waals surface area contributed by atoms with Crippen molar-refractivity contribution < 1.29 is 0 Å². The molecule has 16 heavy (non-hydrogen) atoms. The lowest BCUT2D eigenvalue weighted by molar-refractivity contribution is 0.562. The maximum atomic E-state index is 4.31. The van der Waals surface area contributed by atoms with Crippen molar-refractivity contribution in [3.8, 4) is 0 Å². The van der Waals surface area contributed by atoms with Gasteiger partial charge >= 0.3 is 0 Å². The molecule has 0 saturated carbocycles. The first-order chi connectivity index (χ1) is 7.86. The third-order valence-electron chi connectivity index (χ3n) is 2.58. The molecule has 0 spiro atoms. The topological polar surface area (TPSA) is 42.2 Å². The van der Waals surface area contributed by atoms with Crippen molar-refractivity contribution in [2.24, 2.45) is 0 Å². The molecule has 0 bridgehead atoms. The summed E-state index contributed by atoms with van der Waals surface area (Å²) in [6.45, 7) is 6.81. The van der Waals surface area contributed by atoms with Crippen molar-refractivity contribution >= 4 is 5.52 Å². The summed E-state index contributed by atoms with van der Waals surface area (Å²) in [5.41, 5.74) is 2.23. The first-order valence-electron chi connectivity index (χ1n) is 5.48. The Morgan fingerprint density at radius 3 is 3.19 bits per heavy atom. The van der Waals surface area contributed by atoms with Gasteiger partial charge in [-0.2, -0.15) is 5.10 Å². The number of fused-ring (bicyclic) bond motifs is 1. The molecule has 0 radical (unpaired) electrons. The van der Waals surface area contributed by atoms with Gasteiger partial charge in [-0.3, -0.25) is 4.98 Å². The Hall–Kier alpha value is -1.68. The van der Waals surface area contributed by atoms with E-state index in [1.54, 1.807) is 6.20 Å². The summed E-state index contributed by atoms with van der Waals surface area (Å²) in [5, 5.41) is 7.73. The molecule has 2 aromatic rings. The molecule has 2 rings (SSSR count). The van der Waals surface area contributed by atoms with Crippen molar-refractivity contribution in [1.29, 1.82) is 0 Å². The summed E-state index contributed by atoms with van der Waals surface area (Å²) in [6.07, 6.45) is 10.1. The lowest BCUT2D eigenvalue weighted by Crippen LogP contribution is -2.20. The minimum absolute atomic E-state index is 0.268. The highest BCUT2D eigenvalue weighted by molar-refractivity contribution is 5.53. The standard InChI is InChI=1S/C12H16N4/c1-3-5-11(14-4-2)10-8-15-16-7-6-13-9-12(10)16/h3,6-9,11,14H,1,4-5H2,2H3. The van der Waals surface area contributed by atoms with Gasteiger partial charge in [0.1, 0.15) is 0 Å². The van der Waals surface area contributed by atoms with Crippen LogP contribution in [0.15, 0.2) is 37.4 Å². The second-order valence-corrected chi connectivity index (χ2v) is 3.64. The van der Waals surface area contributed by atoms with Crippen LogP contribution in [-0.2, 0) is 0 Å². The summed E-state index contributed by atoms with van der Waals surface area (Å²) in [5.74, 6) is 0. The van der Waals surface area contributed by atoms with E-state index in [0.717, 1.165) is 18.5 Å². The minimum atomic E-state index is 0.268. The Morgan fingerprint density at radius 1 is 1.56 bits per heavy atom. The van der Waals surface area contributed by atoms with Gasteiger partial charge in [0.15, 0.2) is 0 Å². The second kappa shape index (κ2) is 4.90. The van der Waals surface area contributed by atoms with E-state index in [4.69, 9.17) is 0 Å². The summed E-state index contributed by atoms with van der Waals surface area (Å²) in [7, 11) is 0. The maximum Gasteiger partial charge on any atom is 0.0892 e. The van der Waals surface area contributed by atoms with E-state index in [9.17, 15) is 0 Å². The first-order valence-corrected chi connectivity index (χ1v) is 5.48. The van der Waals surface area contributed by atoms with Crippen LogP contribution in [-0.4, -0.2) is 21.1 Å². The van der Waals surface area contributed by atoms with Gasteiger partial charge in [-0.15, -0.1) is 6.58 Å². The monoisotopic (exact) mass is 216 g/mol. The summed E-state index contributed by atoms with van der Waals surface area (Å²) in [6, 6.07) is 0.268. The van der Waals surface area contributed by atoms with Gasteiger partial charge in [-0.05, 0) is 13.0 Å². The van der Waals surface area contributed by atoms with E-state index in [1.807, 2.05) is 29.2 Å². The maximum absolute atomic E-state index is 4.31. The Labute approximate surface area is 95.0 Å². The zero-order valence-electron chi connectivity index (χ0n) is 9.43. The van der Waals surface area contributed by atoms with Gasteiger partial charge < -0.3 is 5.32 Å². The average molecular weight is 216 g/mol. The molecular weight excluding hydrogens is 200 g/mol. The molecule has 2 heterocycles. The van der Waals surface area contributed by atoms with Crippen LogP contribution in [0.4, 0.5) is 0 Å². The van der Waals surface area contributed by atoms with E-state index in [1.165, 1.54) is 5.56 Å². The first kappa shape index (κ1) is 10.8. The van der Waals surface area contributed by atoms with E-state index in [0.29, 0.717) is 0 Å². The van der Waals surface area contributed by atoms with Crippen LogP contribution in [0.25, 0.3) is 5.52 Å². The molecule has 0 aliphatic carbocycles. The molecular formula is C12H16N4. The van der Waals surface area contributed by atoms with Gasteiger partial charge in [0.25, 0.3) is 0 Å². The Morgan fingerprint density at radius 2 is 2.44 bits per heavy atom. The van der Waals surface area contributed by atoms with Crippen LogP contribution >= 0.6 is 0 Å². The molecule has 1 unspecified atom stereocenters. The van der Waals surface area contributed by atoms with Gasteiger partial charge in [0.2, 0.25) is 0 Å². The van der Waals surface area contributed by atoms with Gasteiger partial charge in [0, 0.05) is 24.0 Å². The molecule has 0 fully saturated rings. The smallest absolute Gasteiger partial charge is 0.0892 e. The predicted molar refractivity (Wildman–Crippen MR) is 64.2 cm³/mol. The van der Waals surface area contributed by atoms with Gasteiger partial charge in [-0.1, -0.05) is 13.0 Å². The highest BCUT2D eigenvalue weighted by Gasteiger charge is 2.13. The zero-order chi connectivity index (χ0) is 11.4. The number of nitrogens with zero attached hydrogens (tertiary/aromatic N) is 3. The molecule has 0 aliphatic heterocycles. The van der Waals surface area contributed by atoms with Gasteiger partial charge in [-0.25, -0.2) is 4.52 Å². The predicted octanol–water partition coefficient (Wildman–Crippen LogP) is 1.96. The fourth-order valence-corrected chi connectivity index (χ4v) is 1.85. The number of hydrogen-bond acceptors (Lipinski definition) is 3. The summed E-state index contributed by atoms with van der Waals surface area (Å²) in [4.78, 5) is 4.13. The highest BCUT2D eigenvalue weighted by Crippen LogP contribution is 2.21. The lowest BCUT2D eigenvalue weighted by Gasteiger charge is -2.14. The van der Waals surface area contributed by atoms with Crippen LogP contribution < -0.4 is 5.32 Å². The molecule has 0 saturated heterocycles. The molecule has 1 atom stereocenters. The molecule has 1 N–H and O–H groups in total. The Balaban J connectivity index is 2.39. The third-order valence-corrected chi connectivity index (χ3v) is 2.58. The fraction of sp³-hybridized carbons (Fsp3) is 0.333. The Kier molecular flexibility index (Phi) is 3.31. The van der Waals surface area contributed by atoms with Gasteiger partial charge in [0.05, 0.1) is 17.9 Å². The summed E-state index contributed by atoms with van der Waals surface area (Å²) < 4.78 is 1.84. The largest absolute Gasteiger partial charge is 0.310 e. The molecule has 0 aromatic carbocycles. The van der Waals surface area contributed by atoms with Crippen LogP contribution in [0.2, 0.25) is 0 Å². The van der Waals surface area contributed by atoms with E-state index < -0.39 is 0 Å². The molecule has 2 aromatic heterocycles. The van der Waals surface area contributed by atoms with Crippen molar-refractivity contribution in [2.75, 3.05) is 6.54 Å². The Bertz CT molecular complexity index is 475. The van der Waals surface area contributed by atoms with E-state index in [-0.39, 0.29) is 6.04 Å². The summed E-state index contributed by atoms with van der Waals surface area (Å²) >= 11 is 0. The minimum Gasteiger partial charge on any atom is -0.310 e. The van der Waals surface area contributed by atoms with E-state index in [2.05, 4.69) is 28.9 Å². The molecule has 84 valence electrons. The second-order valence-electron chi connectivity index (χ2n) is 3.64. The quantitative estimate of drug-likeness (QED) is 0.777. The molecule has 0 amide bonds. The normalized spacial score (nSPS) is 12.8. The molecule has 4 nitrogen and oxygen atoms in total. The third kappa shape index (κ3) is 1.97. The number of hydrogen-bond donors (Lipinski definition) is 1. The fourth-order valence-electron chi connectivity index (χ4n) is 1.85. The van der Waals surface area contributed by atoms with Crippen LogP contribution in [0.1, 0.15) is 24.9 Å². The number of rotatable bonds is 5. The average Bonchev–Trinajstić information content (AvgIpc) is 2.72. The van der Waals surface area contributed by atoms with Crippen molar-refractivity contribution in [3.05, 3.63) is 43.0 Å². The number of nitrogens with one attached hydrogen (secondary N) is 1. The van der Waals surface area contributed by atoms with Crippen molar-refractivity contribution in [3.63, 3.8) is 0 Å². The van der Waals surface area contributed by atoms with Crippen molar-refractivity contribution in [2.45, 2.75) is 19.4 Å².